The summed E-state index contributed by atoms with van der Waals surface area (Å²) in [6.45, 7) is 1.74. The number of hydrogen-bond donors (Lipinski definition) is 1. The summed E-state index contributed by atoms with van der Waals surface area (Å²) in [4.78, 5) is 22.1. The van der Waals surface area contributed by atoms with Crippen molar-refractivity contribution in [1.29, 1.82) is 0 Å². The molecule has 0 heterocycles. The molecule has 1 unspecified atom stereocenters. The Labute approximate surface area is 117 Å². The molecule has 4 nitrogen and oxygen atoms in total. The van der Waals surface area contributed by atoms with Crippen molar-refractivity contribution in [2.75, 3.05) is 0 Å². The lowest BCUT2D eigenvalue weighted by atomic mass is 9.94. The number of amides is 1. The first kappa shape index (κ1) is 13.8. The zero-order chi connectivity index (χ0) is 14.5. The highest BCUT2D eigenvalue weighted by Gasteiger charge is 2.15. The zero-order valence-electron chi connectivity index (χ0n) is 11.1. The molecule has 0 fully saturated rings. The molecule has 2 aromatic carbocycles. The Morgan fingerprint density at radius 2 is 1.70 bits per heavy atom. The average molecular weight is 269 g/mol. The van der Waals surface area contributed by atoms with E-state index in [1.165, 1.54) is 0 Å². The van der Waals surface area contributed by atoms with Gasteiger partial charge in [-0.25, -0.2) is 4.79 Å². The number of ether oxygens (including phenoxy) is 1. The predicted octanol–water partition coefficient (Wildman–Crippen LogP) is 3.32. The van der Waals surface area contributed by atoms with Crippen molar-refractivity contribution < 1.29 is 14.3 Å². The number of rotatable bonds is 4. The van der Waals surface area contributed by atoms with Gasteiger partial charge in [0.25, 0.3) is 0 Å². The van der Waals surface area contributed by atoms with Crippen molar-refractivity contribution in [3.8, 4) is 11.1 Å². The summed E-state index contributed by atoms with van der Waals surface area (Å²) in [5.41, 5.74) is 8.11. The molecule has 1 atom stereocenters. The van der Waals surface area contributed by atoms with E-state index in [0.717, 1.165) is 23.0 Å². The summed E-state index contributed by atoms with van der Waals surface area (Å²) in [6.07, 6.45) is -0.495. The van der Waals surface area contributed by atoms with Crippen LogP contribution < -0.4 is 5.73 Å². The smallest absolute Gasteiger partial charge is 0.405 e. The van der Waals surface area contributed by atoms with E-state index in [2.05, 4.69) is 0 Å². The minimum atomic E-state index is -0.823. The standard InChI is InChI=1S/C16H15NO3/c1-11(20-16(17)19)13-7-4-5-9-15(13)14-8-3-2-6-12(14)10-18/h2-11H,1H3,(H2,17,19). The van der Waals surface area contributed by atoms with Crippen LogP contribution in [0, 0.1) is 0 Å². The largest absolute Gasteiger partial charge is 0.442 e. The Morgan fingerprint density at radius 1 is 1.10 bits per heavy atom. The Kier molecular flexibility index (Phi) is 4.15. The molecule has 102 valence electrons. The van der Waals surface area contributed by atoms with Crippen molar-refractivity contribution in [3.63, 3.8) is 0 Å². The SMILES string of the molecule is CC(OC(N)=O)c1ccccc1-c1ccccc1C=O. The number of nitrogens with two attached hydrogens (primary N) is 1. The average Bonchev–Trinajstić information content (AvgIpc) is 2.46. The van der Waals surface area contributed by atoms with Crippen molar-refractivity contribution >= 4 is 12.4 Å². The molecular formula is C16H15NO3. The molecule has 0 saturated heterocycles. The molecule has 2 aromatic rings. The summed E-state index contributed by atoms with van der Waals surface area (Å²) >= 11 is 0. The molecular weight excluding hydrogens is 254 g/mol. The van der Waals surface area contributed by atoms with E-state index in [0.29, 0.717) is 5.56 Å². The normalized spacial score (nSPS) is 11.7. The molecule has 0 spiro atoms. The fourth-order valence-electron chi connectivity index (χ4n) is 2.18. The Bertz CT molecular complexity index is 637. The van der Waals surface area contributed by atoms with Crippen LogP contribution in [0.4, 0.5) is 4.79 Å². The number of carbonyl (C=O) groups excluding carboxylic acids is 2. The maximum Gasteiger partial charge on any atom is 0.405 e. The zero-order valence-corrected chi connectivity index (χ0v) is 11.1. The summed E-state index contributed by atoms with van der Waals surface area (Å²) in [6, 6.07) is 14.7. The van der Waals surface area contributed by atoms with E-state index < -0.39 is 12.2 Å². The summed E-state index contributed by atoms with van der Waals surface area (Å²) < 4.78 is 5.02. The van der Waals surface area contributed by atoms with E-state index in [1.807, 2.05) is 36.4 Å². The van der Waals surface area contributed by atoms with Crippen LogP contribution in [0.25, 0.3) is 11.1 Å². The Morgan fingerprint density at radius 3 is 2.35 bits per heavy atom. The molecule has 0 aromatic heterocycles. The molecule has 0 aliphatic heterocycles. The second kappa shape index (κ2) is 6.02. The third-order valence-corrected chi connectivity index (χ3v) is 3.07. The molecule has 2 rings (SSSR count). The first-order valence-corrected chi connectivity index (χ1v) is 6.23. The number of carbonyl (C=O) groups is 2. The van der Waals surface area contributed by atoms with Gasteiger partial charge in [-0.2, -0.15) is 0 Å². The van der Waals surface area contributed by atoms with E-state index >= 15 is 0 Å². The predicted molar refractivity (Wildman–Crippen MR) is 76.3 cm³/mol. The van der Waals surface area contributed by atoms with Crippen LogP contribution in [0.3, 0.4) is 0 Å². The van der Waals surface area contributed by atoms with Gasteiger partial charge in [-0.15, -0.1) is 0 Å². The lowest BCUT2D eigenvalue weighted by molar-refractivity contribution is 0.112. The molecule has 20 heavy (non-hydrogen) atoms. The molecule has 1 amide bonds. The van der Waals surface area contributed by atoms with Gasteiger partial charge >= 0.3 is 6.09 Å². The van der Waals surface area contributed by atoms with Crippen molar-refractivity contribution in [3.05, 3.63) is 59.7 Å². The Balaban J connectivity index is 2.52. The first-order valence-electron chi connectivity index (χ1n) is 6.23. The van der Waals surface area contributed by atoms with Crippen LogP contribution in [0.15, 0.2) is 48.5 Å². The van der Waals surface area contributed by atoms with Crippen LogP contribution in [-0.4, -0.2) is 12.4 Å². The third-order valence-electron chi connectivity index (χ3n) is 3.07. The maximum absolute atomic E-state index is 11.2. The molecule has 0 aliphatic carbocycles. The third kappa shape index (κ3) is 2.85. The fourth-order valence-corrected chi connectivity index (χ4v) is 2.18. The number of benzene rings is 2. The monoisotopic (exact) mass is 269 g/mol. The van der Waals surface area contributed by atoms with Crippen LogP contribution in [-0.2, 0) is 4.74 Å². The molecule has 0 saturated carbocycles. The molecule has 0 radical (unpaired) electrons. The highest BCUT2D eigenvalue weighted by Crippen LogP contribution is 2.31. The molecule has 0 aliphatic rings. The Hall–Kier alpha value is -2.62. The van der Waals surface area contributed by atoms with Crippen molar-refractivity contribution in [2.24, 2.45) is 5.73 Å². The summed E-state index contributed by atoms with van der Waals surface area (Å²) in [5, 5.41) is 0. The van der Waals surface area contributed by atoms with Gasteiger partial charge in [0.2, 0.25) is 0 Å². The second-order valence-electron chi connectivity index (χ2n) is 4.37. The van der Waals surface area contributed by atoms with E-state index in [9.17, 15) is 9.59 Å². The summed E-state index contributed by atoms with van der Waals surface area (Å²) in [7, 11) is 0. The molecule has 2 N–H and O–H groups in total. The quantitative estimate of drug-likeness (QED) is 0.865. The second-order valence-corrected chi connectivity index (χ2v) is 4.37. The van der Waals surface area contributed by atoms with Gasteiger partial charge in [-0.05, 0) is 18.1 Å². The minimum Gasteiger partial charge on any atom is -0.442 e. The molecule has 4 heteroatoms. The fraction of sp³-hybridized carbons (Fsp3) is 0.125. The van der Waals surface area contributed by atoms with E-state index in [-0.39, 0.29) is 0 Å². The van der Waals surface area contributed by atoms with E-state index in [4.69, 9.17) is 10.5 Å². The topological polar surface area (TPSA) is 69.4 Å². The number of primary amides is 1. The maximum atomic E-state index is 11.2. The van der Waals surface area contributed by atoms with E-state index in [1.54, 1.807) is 19.1 Å². The lowest BCUT2D eigenvalue weighted by Crippen LogP contribution is -2.16. The van der Waals surface area contributed by atoms with Gasteiger partial charge in [-0.1, -0.05) is 48.5 Å². The highest BCUT2D eigenvalue weighted by molar-refractivity contribution is 5.88. The van der Waals surface area contributed by atoms with Crippen LogP contribution >= 0.6 is 0 Å². The lowest BCUT2D eigenvalue weighted by Gasteiger charge is -2.17. The van der Waals surface area contributed by atoms with Gasteiger partial charge in [0.15, 0.2) is 6.29 Å². The van der Waals surface area contributed by atoms with Gasteiger partial charge in [0, 0.05) is 11.1 Å². The van der Waals surface area contributed by atoms with Crippen molar-refractivity contribution in [2.45, 2.75) is 13.0 Å². The first-order chi connectivity index (χ1) is 9.63. The number of hydrogen-bond acceptors (Lipinski definition) is 3. The molecule has 0 bridgehead atoms. The van der Waals surface area contributed by atoms with Crippen LogP contribution in [0.2, 0.25) is 0 Å². The highest BCUT2D eigenvalue weighted by atomic mass is 16.6. The van der Waals surface area contributed by atoms with Gasteiger partial charge in [0.1, 0.15) is 6.10 Å². The summed E-state index contributed by atoms with van der Waals surface area (Å²) in [5.74, 6) is 0. The van der Waals surface area contributed by atoms with Gasteiger partial charge < -0.3 is 10.5 Å². The minimum absolute atomic E-state index is 0.483. The van der Waals surface area contributed by atoms with Gasteiger partial charge in [0.05, 0.1) is 0 Å². The van der Waals surface area contributed by atoms with Crippen LogP contribution in [0.5, 0.6) is 0 Å². The van der Waals surface area contributed by atoms with Crippen molar-refractivity contribution in [1.82, 2.24) is 0 Å². The van der Waals surface area contributed by atoms with Crippen LogP contribution in [0.1, 0.15) is 28.9 Å². The van der Waals surface area contributed by atoms with Gasteiger partial charge in [-0.3, -0.25) is 4.79 Å². The number of aldehydes is 1.